The van der Waals surface area contributed by atoms with Crippen molar-refractivity contribution in [1.82, 2.24) is 24.7 Å². The quantitative estimate of drug-likeness (QED) is 0.604. The number of hydrogen-bond donors (Lipinski definition) is 1. The van der Waals surface area contributed by atoms with Crippen LogP contribution >= 0.6 is 23.1 Å². The summed E-state index contributed by atoms with van der Waals surface area (Å²) in [4.78, 5) is 20.8. The number of nitrogens with zero attached hydrogens (tertiary/aromatic N) is 5. The maximum atomic E-state index is 12.5. The Kier molecular flexibility index (Phi) is 6.22. The van der Waals surface area contributed by atoms with E-state index in [1.807, 2.05) is 31.4 Å². The van der Waals surface area contributed by atoms with E-state index >= 15 is 0 Å². The molecule has 1 N–H and O–H groups in total. The van der Waals surface area contributed by atoms with Crippen LogP contribution in [0.15, 0.2) is 35.1 Å². The van der Waals surface area contributed by atoms with Gasteiger partial charge in [-0.25, -0.2) is 4.98 Å². The lowest BCUT2D eigenvalue weighted by Gasteiger charge is -2.14. The molecule has 9 heteroatoms. The van der Waals surface area contributed by atoms with Crippen LogP contribution in [0.25, 0.3) is 11.4 Å². The molecule has 1 amide bonds. The smallest absolute Gasteiger partial charge is 0.239 e. The maximum Gasteiger partial charge on any atom is 0.239 e. The van der Waals surface area contributed by atoms with Gasteiger partial charge in [-0.1, -0.05) is 25.6 Å². The van der Waals surface area contributed by atoms with Gasteiger partial charge in [0.15, 0.2) is 16.1 Å². The summed E-state index contributed by atoms with van der Waals surface area (Å²) in [5.74, 6) is 1.11. The zero-order chi connectivity index (χ0) is 19.4. The third-order valence-electron chi connectivity index (χ3n) is 3.70. The molecule has 3 aromatic rings. The minimum absolute atomic E-state index is 0.0982. The van der Waals surface area contributed by atoms with Gasteiger partial charge in [-0.2, -0.15) is 0 Å². The molecule has 0 aromatic carbocycles. The predicted octanol–water partition coefficient (Wildman–Crippen LogP) is 3.88. The first-order valence-electron chi connectivity index (χ1n) is 8.67. The van der Waals surface area contributed by atoms with Crippen molar-refractivity contribution < 1.29 is 4.79 Å². The van der Waals surface area contributed by atoms with E-state index in [1.54, 1.807) is 12.4 Å². The van der Waals surface area contributed by atoms with Crippen molar-refractivity contribution in [2.24, 2.45) is 5.92 Å². The summed E-state index contributed by atoms with van der Waals surface area (Å²) in [6, 6.07) is 3.83. The van der Waals surface area contributed by atoms with Gasteiger partial charge in [0.25, 0.3) is 0 Å². The number of pyridine rings is 1. The summed E-state index contributed by atoms with van der Waals surface area (Å²) in [5, 5.41) is 14.5. The van der Waals surface area contributed by atoms with Crippen molar-refractivity contribution in [3.8, 4) is 11.4 Å². The van der Waals surface area contributed by atoms with E-state index in [9.17, 15) is 4.79 Å². The lowest BCUT2D eigenvalue weighted by molar-refractivity contribution is -0.115. The predicted molar refractivity (Wildman–Crippen MR) is 109 cm³/mol. The van der Waals surface area contributed by atoms with Gasteiger partial charge in [0.2, 0.25) is 5.91 Å². The average molecular weight is 403 g/mol. The lowest BCUT2D eigenvalue weighted by Crippen LogP contribution is -2.23. The maximum absolute atomic E-state index is 12.5. The van der Waals surface area contributed by atoms with Gasteiger partial charge in [0.1, 0.15) is 0 Å². The van der Waals surface area contributed by atoms with Crippen molar-refractivity contribution in [3.05, 3.63) is 35.6 Å². The standard InChI is InChI=1S/C18H22N6OS2/c1-11(2)9-24-15(14-5-7-19-8-6-14)22-23-18(24)27-13(4)16(25)21-17-20-12(3)10-26-17/h5-8,10-11,13H,9H2,1-4H3,(H,20,21,25)/t13-/m1/s1. The van der Waals surface area contributed by atoms with Crippen LogP contribution in [0.1, 0.15) is 26.5 Å². The van der Waals surface area contributed by atoms with Crippen LogP contribution in [0.5, 0.6) is 0 Å². The molecule has 0 radical (unpaired) electrons. The Morgan fingerprint density at radius 3 is 2.63 bits per heavy atom. The fourth-order valence-electron chi connectivity index (χ4n) is 2.45. The molecule has 0 aliphatic carbocycles. The number of nitrogens with one attached hydrogen (secondary N) is 1. The molecule has 27 heavy (non-hydrogen) atoms. The van der Waals surface area contributed by atoms with Gasteiger partial charge < -0.3 is 9.88 Å². The van der Waals surface area contributed by atoms with Crippen molar-refractivity contribution in [1.29, 1.82) is 0 Å². The SMILES string of the molecule is Cc1csc(NC(=O)[C@@H](C)Sc2nnc(-c3ccncc3)n2CC(C)C)n1. The molecule has 0 unspecified atom stereocenters. The summed E-state index contributed by atoms with van der Waals surface area (Å²) in [6.07, 6.45) is 3.48. The Balaban J connectivity index is 1.79. The normalized spacial score (nSPS) is 12.3. The molecule has 3 rings (SSSR count). The summed E-state index contributed by atoms with van der Waals surface area (Å²) < 4.78 is 2.07. The number of carbonyl (C=O) groups is 1. The molecule has 3 heterocycles. The second kappa shape index (κ2) is 8.62. The number of thiazole rings is 1. The number of rotatable bonds is 7. The number of carbonyl (C=O) groups excluding carboxylic acids is 1. The molecule has 3 aromatic heterocycles. The van der Waals surface area contributed by atoms with E-state index in [4.69, 9.17) is 0 Å². The highest BCUT2D eigenvalue weighted by Crippen LogP contribution is 2.28. The minimum Gasteiger partial charge on any atom is -0.302 e. The highest BCUT2D eigenvalue weighted by molar-refractivity contribution is 8.00. The van der Waals surface area contributed by atoms with E-state index in [0.717, 1.165) is 28.8 Å². The summed E-state index contributed by atoms with van der Waals surface area (Å²) in [6.45, 7) is 8.82. The van der Waals surface area contributed by atoms with E-state index in [2.05, 4.69) is 43.9 Å². The van der Waals surface area contributed by atoms with Crippen LogP contribution in [-0.2, 0) is 11.3 Å². The number of aryl methyl sites for hydroxylation is 1. The average Bonchev–Trinajstić information content (AvgIpc) is 3.21. The number of thioether (sulfide) groups is 1. The first kappa shape index (κ1) is 19.5. The summed E-state index contributed by atoms with van der Waals surface area (Å²) in [5.41, 5.74) is 1.86. The van der Waals surface area contributed by atoms with Crippen molar-refractivity contribution >= 4 is 34.1 Å². The van der Waals surface area contributed by atoms with Crippen LogP contribution < -0.4 is 5.32 Å². The Hall–Kier alpha value is -2.26. The van der Waals surface area contributed by atoms with E-state index in [-0.39, 0.29) is 11.2 Å². The van der Waals surface area contributed by atoms with Crippen LogP contribution in [0.3, 0.4) is 0 Å². The zero-order valence-corrected chi connectivity index (χ0v) is 17.3. The Bertz CT molecular complexity index is 906. The van der Waals surface area contributed by atoms with Crippen LogP contribution in [0, 0.1) is 12.8 Å². The Morgan fingerprint density at radius 1 is 1.26 bits per heavy atom. The second-order valence-corrected chi connectivity index (χ2v) is 8.76. The minimum atomic E-state index is -0.324. The monoisotopic (exact) mass is 402 g/mol. The van der Waals surface area contributed by atoms with Crippen molar-refractivity contribution in [2.75, 3.05) is 5.32 Å². The highest BCUT2D eigenvalue weighted by Gasteiger charge is 2.22. The number of anilines is 1. The molecule has 0 saturated carbocycles. The lowest BCUT2D eigenvalue weighted by atomic mass is 10.2. The van der Waals surface area contributed by atoms with Gasteiger partial charge in [-0.3, -0.25) is 9.78 Å². The third kappa shape index (κ3) is 4.92. The van der Waals surface area contributed by atoms with E-state index in [0.29, 0.717) is 11.0 Å². The fraction of sp³-hybridized carbons (Fsp3) is 0.389. The van der Waals surface area contributed by atoms with Crippen LogP contribution in [0.4, 0.5) is 5.13 Å². The number of amides is 1. The van der Waals surface area contributed by atoms with Gasteiger partial charge >= 0.3 is 0 Å². The first-order valence-corrected chi connectivity index (χ1v) is 10.4. The topological polar surface area (TPSA) is 85.6 Å². The molecule has 0 saturated heterocycles. The molecular weight excluding hydrogens is 380 g/mol. The van der Waals surface area contributed by atoms with Crippen LogP contribution in [0.2, 0.25) is 0 Å². The van der Waals surface area contributed by atoms with Gasteiger partial charge in [-0.05, 0) is 31.9 Å². The van der Waals surface area contributed by atoms with Gasteiger partial charge in [0.05, 0.1) is 10.9 Å². The van der Waals surface area contributed by atoms with Gasteiger partial charge in [0, 0.05) is 29.9 Å². The van der Waals surface area contributed by atoms with E-state index in [1.165, 1.54) is 23.1 Å². The summed E-state index contributed by atoms with van der Waals surface area (Å²) >= 11 is 2.82. The molecular formula is C18H22N6OS2. The number of aromatic nitrogens is 5. The first-order chi connectivity index (χ1) is 12.9. The fourth-order valence-corrected chi connectivity index (χ4v) is 4.00. The molecule has 142 valence electrons. The second-order valence-electron chi connectivity index (χ2n) is 6.59. The third-order valence-corrected chi connectivity index (χ3v) is 5.66. The molecule has 7 nitrogen and oxygen atoms in total. The molecule has 0 aliphatic rings. The molecule has 0 aliphatic heterocycles. The molecule has 0 bridgehead atoms. The largest absolute Gasteiger partial charge is 0.302 e. The van der Waals surface area contributed by atoms with Crippen molar-refractivity contribution in [2.45, 2.75) is 44.6 Å². The molecule has 0 fully saturated rings. The van der Waals surface area contributed by atoms with Gasteiger partial charge in [-0.15, -0.1) is 21.5 Å². The Labute approximate surface area is 166 Å². The van der Waals surface area contributed by atoms with E-state index < -0.39 is 0 Å². The summed E-state index contributed by atoms with van der Waals surface area (Å²) in [7, 11) is 0. The molecule has 0 spiro atoms. The zero-order valence-electron chi connectivity index (χ0n) is 15.7. The number of hydrogen-bond acceptors (Lipinski definition) is 7. The molecule has 1 atom stereocenters. The Morgan fingerprint density at radius 2 is 2.00 bits per heavy atom. The van der Waals surface area contributed by atoms with Crippen molar-refractivity contribution in [3.63, 3.8) is 0 Å². The highest BCUT2D eigenvalue weighted by atomic mass is 32.2. The van der Waals surface area contributed by atoms with Crippen LogP contribution in [-0.4, -0.2) is 35.9 Å².